The van der Waals surface area contributed by atoms with Gasteiger partial charge in [-0.3, -0.25) is 23.7 Å². The van der Waals surface area contributed by atoms with Gasteiger partial charge in [0.05, 0.1) is 6.61 Å². The number of rotatable bonds is 9. The van der Waals surface area contributed by atoms with Crippen LogP contribution in [0, 0.1) is 12.7 Å². The molecule has 0 amide bonds. The van der Waals surface area contributed by atoms with Gasteiger partial charge in [0.1, 0.15) is 18.2 Å². The summed E-state index contributed by atoms with van der Waals surface area (Å²) in [4.78, 5) is 39.7. The van der Waals surface area contributed by atoms with Crippen molar-refractivity contribution in [3.63, 3.8) is 0 Å². The zero-order valence-electron chi connectivity index (χ0n) is 20.3. The lowest BCUT2D eigenvalue weighted by Crippen LogP contribution is -2.43. The Hall–Kier alpha value is -3.36. The van der Waals surface area contributed by atoms with Crippen LogP contribution in [0.15, 0.2) is 40.1 Å². The Morgan fingerprint density at radius 1 is 1.34 bits per heavy atom. The molecule has 1 unspecified atom stereocenters. The highest BCUT2D eigenvalue weighted by Gasteiger charge is 2.56. The number of aromatic nitrogens is 3. The number of benzene rings is 1. The Balaban J connectivity index is 1.59. The zero-order chi connectivity index (χ0) is 28.0. The van der Waals surface area contributed by atoms with Crippen LogP contribution in [-0.4, -0.2) is 61.2 Å². The average Bonchev–Trinajstić information content (AvgIpc) is 3.32. The molecule has 16 heteroatoms. The molecule has 206 valence electrons. The van der Waals surface area contributed by atoms with Crippen LogP contribution in [0.2, 0.25) is 0 Å². The smallest absolute Gasteiger partial charge is 0.459 e. The number of aliphatic hydroxyl groups excluding tert-OH is 1. The number of ether oxygens (including phenoxy) is 1. The fourth-order valence-corrected chi connectivity index (χ4v) is 5.51. The number of nitrogens with one attached hydrogen (secondary N) is 3. The van der Waals surface area contributed by atoms with Gasteiger partial charge in [0.25, 0.3) is 5.56 Å². The van der Waals surface area contributed by atoms with E-state index in [2.05, 4.69) is 10.1 Å². The fourth-order valence-electron chi connectivity index (χ4n) is 4.00. The minimum atomic E-state index is -4.69. The van der Waals surface area contributed by atoms with Gasteiger partial charge < -0.3 is 24.5 Å². The van der Waals surface area contributed by atoms with Crippen LogP contribution < -0.4 is 20.9 Å². The number of carboxylic acid groups (broad SMARTS) is 1. The lowest BCUT2D eigenvalue weighted by molar-refractivity contribution is -0.138. The molecular formula is C22H25F2N4O9P. The number of carbonyl (C=O) groups is 1. The van der Waals surface area contributed by atoms with Crippen LogP contribution in [0.1, 0.15) is 25.8 Å². The Bertz CT molecular complexity index is 1530. The summed E-state index contributed by atoms with van der Waals surface area (Å²) >= 11 is 0. The topological polar surface area (TPSA) is 185 Å². The molecule has 38 heavy (non-hydrogen) atoms. The minimum Gasteiger partial charge on any atom is -0.480 e. The van der Waals surface area contributed by atoms with E-state index in [-0.39, 0.29) is 5.39 Å². The third-order valence-corrected chi connectivity index (χ3v) is 7.64. The molecule has 1 aliphatic heterocycles. The Labute approximate surface area is 212 Å². The van der Waals surface area contributed by atoms with E-state index >= 15 is 8.78 Å². The number of halogens is 2. The molecule has 1 fully saturated rings. The van der Waals surface area contributed by atoms with Gasteiger partial charge in [0.2, 0.25) is 0 Å². The third-order valence-electron chi connectivity index (χ3n) is 6.01. The highest BCUT2D eigenvalue weighted by molar-refractivity contribution is 7.52. The molecule has 3 aromatic rings. The maximum Gasteiger partial charge on any atom is 0.459 e. The number of alkyl halides is 1. The second-order valence-electron chi connectivity index (χ2n) is 9.01. The maximum absolute atomic E-state index is 15.4. The summed E-state index contributed by atoms with van der Waals surface area (Å²) in [5.41, 5.74) is -3.24. The molecule has 3 heterocycles. The number of carboxylic acids is 1. The van der Waals surface area contributed by atoms with Crippen molar-refractivity contribution in [1.29, 1.82) is 0 Å². The number of aromatic amines is 2. The molecule has 1 saturated heterocycles. The van der Waals surface area contributed by atoms with E-state index in [0.29, 0.717) is 11.2 Å². The zero-order valence-corrected chi connectivity index (χ0v) is 21.2. The summed E-state index contributed by atoms with van der Waals surface area (Å²) in [7, 11) is -4.69. The maximum atomic E-state index is 15.4. The van der Waals surface area contributed by atoms with Crippen molar-refractivity contribution in [3.05, 3.63) is 62.8 Å². The van der Waals surface area contributed by atoms with E-state index in [1.54, 1.807) is 6.92 Å². The minimum absolute atomic E-state index is 0.120. The molecule has 4 rings (SSSR count). The average molecular weight is 558 g/mol. The van der Waals surface area contributed by atoms with Gasteiger partial charge in [-0.25, -0.2) is 18.1 Å². The van der Waals surface area contributed by atoms with E-state index in [9.17, 15) is 29.2 Å². The normalized spacial score (nSPS) is 25.8. The highest BCUT2D eigenvalue weighted by Crippen LogP contribution is 2.48. The van der Waals surface area contributed by atoms with Crippen LogP contribution in [0.5, 0.6) is 5.75 Å². The number of hydrogen-bond acceptors (Lipinski definition) is 8. The molecule has 0 radical (unpaired) electrons. The molecule has 5 N–H and O–H groups in total. The van der Waals surface area contributed by atoms with Crippen LogP contribution in [0.4, 0.5) is 8.78 Å². The van der Waals surface area contributed by atoms with E-state index < -0.39 is 73.3 Å². The molecular weight excluding hydrogens is 533 g/mol. The van der Waals surface area contributed by atoms with Gasteiger partial charge in [-0.2, -0.15) is 5.09 Å². The predicted octanol–water partition coefficient (Wildman–Crippen LogP) is 1.72. The summed E-state index contributed by atoms with van der Waals surface area (Å²) in [6.07, 6.45) is -4.19. The summed E-state index contributed by atoms with van der Waals surface area (Å²) in [6.45, 7) is 2.96. The molecule has 0 saturated carbocycles. The molecule has 1 aromatic carbocycles. The van der Waals surface area contributed by atoms with Gasteiger partial charge in [0.15, 0.2) is 23.5 Å². The Kier molecular flexibility index (Phi) is 7.34. The number of aliphatic carboxylic acids is 1. The molecule has 6 atom stereocenters. The number of hydrogen-bond donors (Lipinski definition) is 5. The number of H-pyrrole nitrogens is 2. The Morgan fingerprint density at radius 3 is 2.71 bits per heavy atom. The van der Waals surface area contributed by atoms with Crippen LogP contribution in [-0.2, 0) is 18.6 Å². The van der Waals surface area contributed by atoms with Gasteiger partial charge in [-0.1, -0.05) is 0 Å². The van der Waals surface area contributed by atoms with Crippen molar-refractivity contribution in [3.8, 4) is 5.75 Å². The number of aryl methyl sites for hydroxylation is 1. The molecule has 0 aliphatic carbocycles. The quantitative estimate of drug-likeness (QED) is 0.242. The lowest BCUT2D eigenvalue weighted by Gasteiger charge is -2.25. The second-order valence-corrected chi connectivity index (χ2v) is 10.7. The number of fused-ring (bicyclic) bond motifs is 1. The molecule has 1 aliphatic rings. The summed E-state index contributed by atoms with van der Waals surface area (Å²) in [5.74, 6) is -2.85. The van der Waals surface area contributed by atoms with Crippen molar-refractivity contribution in [1.82, 2.24) is 19.6 Å². The van der Waals surface area contributed by atoms with Crippen molar-refractivity contribution >= 4 is 24.6 Å². The van der Waals surface area contributed by atoms with E-state index in [1.165, 1.54) is 12.1 Å². The molecule has 2 aromatic heterocycles. The van der Waals surface area contributed by atoms with Gasteiger partial charge in [-0.05, 0) is 39.0 Å². The fraction of sp³-hybridized carbons (Fsp3) is 0.409. The van der Waals surface area contributed by atoms with Crippen LogP contribution >= 0.6 is 7.75 Å². The first-order valence-corrected chi connectivity index (χ1v) is 12.8. The Morgan fingerprint density at radius 2 is 2.05 bits per heavy atom. The summed E-state index contributed by atoms with van der Waals surface area (Å²) in [5, 5.41) is 22.1. The largest absolute Gasteiger partial charge is 0.480 e. The van der Waals surface area contributed by atoms with E-state index in [0.717, 1.165) is 36.7 Å². The standard InChI is InChI=1S/C22H25F2N4O9P/c1-10-8-12-13(25-10)4-5-14(17(12)23)37-38(34,27-11(2)19(31)32)35-9-15-18(30)22(3,24)20(36-15)28-7-6-16(29)26-21(28)33/h4-8,11,15,18,20,25,30H,9H2,1-3H3,(H,27,34)(H,31,32)(H,26,29,33)/t11-,15+,18+,20+,22+,38?/m0/s1. The first kappa shape index (κ1) is 27.7. The van der Waals surface area contributed by atoms with Gasteiger partial charge in [-0.15, -0.1) is 0 Å². The van der Waals surface area contributed by atoms with Gasteiger partial charge in [0, 0.05) is 28.9 Å². The first-order valence-electron chi connectivity index (χ1n) is 11.3. The van der Waals surface area contributed by atoms with E-state index in [1.807, 2.05) is 4.98 Å². The molecule has 0 spiro atoms. The highest BCUT2D eigenvalue weighted by atomic mass is 31.2. The van der Waals surface area contributed by atoms with Crippen molar-refractivity contribution in [2.75, 3.05) is 6.61 Å². The second kappa shape index (κ2) is 10.1. The lowest BCUT2D eigenvalue weighted by atomic mass is 9.98. The predicted molar refractivity (Wildman–Crippen MR) is 128 cm³/mol. The number of aliphatic hydroxyl groups is 1. The van der Waals surface area contributed by atoms with Crippen molar-refractivity contribution < 1.29 is 42.1 Å². The van der Waals surface area contributed by atoms with E-state index in [4.69, 9.17) is 13.8 Å². The van der Waals surface area contributed by atoms with Crippen LogP contribution in [0.25, 0.3) is 10.9 Å². The molecule has 13 nitrogen and oxygen atoms in total. The summed E-state index contributed by atoms with van der Waals surface area (Å²) < 4.78 is 60.9. The first-order chi connectivity index (χ1) is 17.7. The van der Waals surface area contributed by atoms with Gasteiger partial charge >= 0.3 is 19.4 Å². The molecule has 0 bridgehead atoms. The van der Waals surface area contributed by atoms with Crippen molar-refractivity contribution in [2.24, 2.45) is 0 Å². The van der Waals surface area contributed by atoms with Crippen molar-refractivity contribution in [2.45, 2.75) is 50.9 Å². The van der Waals surface area contributed by atoms with Crippen LogP contribution in [0.3, 0.4) is 0 Å². The monoisotopic (exact) mass is 558 g/mol. The SMILES string of the molecule is Cc1cc2c(F)c(OP(=O)(N[C@@H](C)C(=O)O)OC[C@H]3O[C@@H](n4ccc(=O)[nH]c4=O)[C@](C)(F)[C@@H]3O)ccc2[nH]1. The summed E-state index contributed by atoms with van der Waals surface area (Å²) in [6, 6.07) is 3.56. The third kappa shape index (κ3) is 5.28. The number of nitrogens with zero attached hydrogens (tertiary/aromatic N) is 1.